The first kappa shape index (κ1) is 34.8. The maximum Gasteiger partial charge on any atom is 0.260 e. The molecule has 2 N–H and O–H groups in total. The van der Waals surface area contributed by atoms with E-state index in [1.165, 1.54) is 18.1 Å². The fraction of sp³-hybridized carbons (Fsp3) is 0.318. The maximum absolute atomic E-state index is 15.3. The van der Waals surface area contributed by atoms with Gasteiger partial charge < -0.3 is 19.5 Å². The lowest BCUT2D eigenvalue weighted by Gasteiger charge is -2.50. The lowest BCUT2D eigenvalue weighted by Crippen LogP contribution is -2.53. The lowest BCUT2D eigenvalue weighted by molar-refractivity contribution is -0.138. The number of methoxy groups -OCH3 is 1. The molecule has 9 rings (SSSR count). The molecule has 2 aliphatic carbocycles. The number of aromatic hydroxyl groups is 1. The van der Waals surface area contributed by atoms with E-state index in [4.69, 9.17) is 9.47 Å². The highest BCUT2D eigenvalue weighted by Gasteiger charge is 2.70. The Morgan fingerprint density at radius 2 is 1.53 bits per heavy atom. The minimum absolute atomic E-state index is 0.0944. The zero-order valence-electron chi connectivity index (χ0n) is 30.7. The van der Waals surface area contributed by atoms with Crippen molar-refractivity contribution in [2.75, 3.05) is 48.6 Å². The van der Waals surface area contributed by atoms with Gasteiger partial charge in [0.05, 0.1) is 54.9 Å². The Hall–Kier alpha value is -5.94. The number of amides is 4. The summed E-state index contributed by atoms with van der Waals surface area (Å²) >= 11 is 0. The largest absolute Gasteiger partial charge is 0.508 e. The number of allylic oxidation sites excluding steroid dienone is 2. The predicted octanol–water partition coefficient (Wildman–Crippen LogP) is 5.74. The average Bonchev–Trinajstić information content (AvgIpc) is 3.60. The molecule has 6 atom stereocenters. The lowest BCUT2D eigenvalue weighted by atomic mass is 9.49. The summed E-state index contributed by atoms with van der Waals surface area (Å²) in [6, 6.07) is 29.2. The van der Waals surface area contributed by atoms with Crippen molar-refractivity contribution in [3.05, 3.63) is 125 Å². The van der Waals surface area contributed by atoms with E-state index < -0.39 is 46.8 Å². The molecule has 55 heavy (non-hydrogen) atoms. The van der Waals surface area contributed by atoms with Gasteiger partial charge in [-0.15, -0.1) is 0 Å². The van der Waals surface area contributed by atoms with Crippen molar-refractivity contribution >= 4 is 40.7 Å². The Morgan fingerprint density at radius 3 is 2.22 bits per heavy atom. The Kier molecular flexibility index (Phi) is 8.49. The van der Waals surface area contributed by atoms with Crippen molar-refractivity contribution in [2.24, 2.45) is 23.7 Å². The topological polar surface area (TPSA) is 129 Å². The van der Waals surface area contributed by atoms with Crippen LogP contribution in [0, 0.1) is 30.6 Å². The van der Waals surface area contributed by atoms with E-state index in [9.17, 15) is 19.5 Å². The number of hydrogen-bond acceptors (Lipinski definition) is 9. The van der Waals surface area contributed by atoms with Gasteiger partial charge in [0.15, 0.2) is 0 Å². The van der Waals surface area contributed by atoms with Crippen molar-refractivity contribution in [2.45, 2.75) is 31.1 Å². The second-order valence-electron chi connectivity index (χ2n) is 15.1. The van der Waals surface area contributed by atoms with Gasteiger partial charge in [0.1, 0.15) is 11.5 Å². The molecule has 0 bridgehead atoms. The van der Waals surface area contributed by atoms with E-state index in [-0.39, 0.29) is 30.4 Å². The van der Waals surface area contributed by atoms with Gasteiger partial charge in [-0.05, 0) is 73.7 Å². The number of morpholine rings is 1. The van der Waals surface area contributed by atoms with Gasteiger partial charge in [0, 0.05) is 36.3 Å². The van der Waals surface area contributed by atoms with Gasteiger partial charge in [-0.3, -0.25) is 29.5 Å². The molecule has 5 aliphatic rings. The third-order valence-electron chi connectivity index (χ3n) is 12.4. The van der Waals surface area contributed by atoms with Gasteiger partial charge in [-0.1, -0.05) is 65.7 Å². The summed E-state index contributed by atoms with van der Waals surface area (Å²) in [6.07, 6.45) is 2.43. The van der Waals surface area contributed by atoms with Crippen LogP contribution in [-0.4, -0.2) is 67.2 Å². The summed E-state index contributed by atoms with van der Waals surface area (Å²) in [5, 5.41) is 12.9. The summed E-state index contributed by atoms with van der Waals surface area (Å²) < 4.78 is 10.9. The molecule has 4 aromatic carbocycles. The smallest absolute Gasteiger partial charge is 0.260 e. The van der Waals surface area contributed by atoms with Crippen LogP contribution >= 0.6 is 0 Å². The van der Waals surface area contributed by atoms with E-state index in [1.807, 2.05) is 91.9 Å². The number of anilines is 3. The molecule has 4 aromatic rings. The number of rotatable bonds is 7. The molecule has 11 nitrogen and oxygen atoms in total. The first-order valence-electron chi connectivity index (χ1n) is 18.9. The highest BCUT2D eigenvalue weighted by atomic mass is 16.5. The molecule has 3 aliphatic heterocycles. The Morgan fingerprint density at radius 1 is 0.818 bits per heavy atom. The minimum Gasteiger partial charge on any atom is -0.508 e. The third-order valence-corrected chi connectivity index (χ3v) is 12.4. The third kappa shape index (κ3) is 5.35. The van der Waals surface area contributed by atoms with Crippen LogP contribution in [0.2, 0.25) is 0 Å². The van der Waals surface area contributed by atoms with Crippen LogP contribution in [-0.2, 0) is 29.3 Å². The van der Waals surface area contributed by atoms with E-state index in [0.29, 0.717) is 41.5 Å². The molecule has 280 valence electrons. The zero-order valence-corrected chi connectivity index (χ0v) is 30.7. The van der Waals surface area contributed by atoms with E-state index in [2.05, 4.69) is 10.3 Å². The van der Waals surface area contributed by atoms with Crippen molar-refractivity contribution in [3.8, 4) is 11.5 Å². The average molecular weight is 739 g/mol. The van der Waals surface area contributed by atoms with Crippen LogP contribution < -0.4 is 20.0 Å². The molecule has 11 heteroatoms. The van der Waals surface area contributed by atoms with Crippen molar-refractivity contribution in [3.63, 3.8) is 0 Å². The van der Waals surface area contributed by atoms with Crippen molar-refractivity contribution in [1.82, 2.24) is 5.01 Å². The first-order valence-corrected chi connectivity index (χ1v) is 18.9. The zero-order chi connectivity index (χ0) is 38.0. The molecule has 4 amide bonds. The second-order valence-corrected chi connectivity index (χ2v) is 15.1. The molecular formula is C44H42N4O7. The van der Waals surface area contributed by atoms with Crippen LogP contribution in [0.4, 0.5) is 17.1 Å². The Balaban J connectivity index is 1.16. The van der Waals surface area contributed by atoms with Crippen LogP contribution in [0.1, 0.15) is 35.4 Å². The SMILES string of the molecule is COc1ccc(C2C3=CCC4C(=O)N(c5ccc(N6CCOCC6)cc5)C(=O)C4C3CC3C(=O)N(Nc4ccc(C)cc4)C(=O)C32c2ccccc2)c(O)c1. The van der Waals surface area contributed by atoms with Crippen LogP contribution in [0.25, 0.3) is 0 Å². The number of fused-ring (bicyclic) bond motifs is 4. The number of hydrogen-bond donors (Lipinski definition) is 2. The van der Waals surface area contributed by atoms with Crippen LogP contribution in [0.5, 0.6) is 11.5 Å². The van der Waals surface area contributed by atoms with Gasteiger partial charge in [-0.25, -0.2) is 0 Å². The van der Waals surface area contributed by atoms with Gasteiger partial charge in [0.25, 0.3) is 11.8 Å². The second kappa shape index (κ2) is 13.4. The number of nitrogens with one attached hydrogen (secondary N) is 1. The molecule has 0 aromatic heterocycles. The highest BCUT2D eigenvalue weighted by molar-refractivity contribution is 6.22. The Bertz CT molecular complexity index is 2220. The van der Waals surface area contributed by atoms with Gasteiger partial charge in [-0.2, -0.15) is 5.01 Å². The fourth-order valence-corrected chi connectivity index (χ4v) is 9.87. The molecule has 0 radical (unpaired) electrons. The normalized spacial score (nSPS) is 27.4. The van der Waals surface area contributed by atoms with Gasteiger partial charge >= 0.3 is 0 Å². The number of nitrogens with zero attached hydrogens (tertiary/aromatic N) is 3. The van der Waals surface area contributed by atoms with Crippen LogP contribution in [0.15, 0.2) is 109 Å². The number of imide groups is 2. The number of carbonyl (C=O) groups excluding carboxylic acids is 4. The van der Waals surface area contributed by atoms with E-state index in [0.717, 1.165) is 34.9 Å². The van der Waals surface area contributed by atoms with E-state index >= 15 is 4.79 Å². The molecule has 4 fully saturated rings. The monoisotopic (exact) mass is 738 g/mol. The number of hydrazine groups is 1. The molecule has 6 unspecified atom stereocenters. The van der Waals surface area contributed by atoms with Crippen LogP contribution in [0.3, 0.4) is 0 Å². The molecular weight excluding hydrogens is 697 g/mol. The molecule has 3 saturated heterocycles. The summed E-state index contributed by atoms with van der Waals surface area (Å²) in [5.74, 6) is -4.87. The summed E-state index contributed by atoms with van der Waals surface area (Å²) in [4.78, 5) is 62.7. The number of ether oxygens (including phenoxy) is 2. The summed E-state index contributed by atoms with van der Waals surface area (Å²) in [6.45, 7) is 4.76. The first-order chi connectivity index (χ1) is 26.7. The van der Waals surface area contributed by atoms with Gasteiger partial charge in [0.2, 0.25) is 11.8 Å². The van der Waals surface area contributed by atoms with Crippen molar-refractivity contribution < 1.29 is 33.8 Å². The van der Waals surface area contributed by atoms with E-state index in [1.54, 1.807) is 12.1 Å². The number of phenolic OH excluding ortho intramolecular Hbond substituents is 1. The molecule has 1 saturated carbocycles. The fourth-order valence-electron chi connectivity index (χ4n) is 9.87. The number of phenols is 1. The summed E-state index contributed by atoms with van der Waals surface area (Å²) in [5.41, 5.74) is 6.56. The van der Waals surface area contributed by atoms with Crippen molar-refractivity contribution in [1.29, 1.82) is 0 Å². The minimum atomic E-state index is -1.49. The highest BCUT2D eigenvalue weighted by Crippen LogP contribution is 2.65. The maximum atomic E-state index is 15.3. The molecule has 0 spiro atoms. The number of aryl methyl sites for hydroxylation is 1. The standard InChI is InChI=1S/C44H42N4O7/c1-26-8-10-28(11-9-26)45-48-41(51)36-25-35-32(39(33-17-16-31(54-2)24-37(33)49)44(36,43(48)53)27-6-4-3-5-7-27)18-19-34-38(35)42(52)47(40(34)50)30-14-12-29(13-15-30)46-20-22-55-23-21-46/h3-18,24,34-36,38-39,45,49H,19-23,25H2,1-2H3. The predicted molar refractivity (Wildman–Crippen MR) is 205 cm³/mol. The number of benzene rings is 4. The Labute approximate surface area is 319 Å². The summed E-state index contributed by atoms with van der Waals surface area (Å²) in [7, 11) is 1.51. The quantitative estimate of drug-likeness (QED) is 0.180. The molecule has 3 heterocycles. The number of carbonyl (C=O) groups is 4.